The Morgan fingerprint density at radius 2 is 2.38 bits per heavy atom. The number of carbonyl (C=O) groups excluding carboxylic acids is 1. The summed E-state index contributed by atoms with van der Waals surface area (Å²) in [6.07, 6.45) is 5.08. The molecule has 0 radical (unpaired) electrons. The molecule has 1 aromatic rings. The minimum atomic E-state index is -0.413. The van der Waals surface area contributed by atoms with Gasteiger partial charge in [0.2, 0.25) is 5.91 Å². The number of hydrogen-bond donors (Lipinski definition) is 2. The lowest BCUT2D eigenvalue weighted by atomic mass is 10.1. The minimum absolute atomic E-state index is 0.0518. The highest BCUT2D eigenvalue weighted by molar-refractivity contribution is 5.81. The van der Waals surface area contributed by atoms with Crippen molar-refractivity contribution < 1.29 is 4.79 Å². The van der Waals surface area contributed by atoms with Crippen LogP contribution in [0.4, 0.5) is 0 Å². The number of nitrogens with two attached hydrogens (primary N) is 1. The van der Waals surface area contributed by atoms with Crippen LogP contribution >= 0.6 is 0 Å². The lowest BCUT2D eigenvalue weighted by Crippen LogP contribution is -2.41. The Balaban J connectivity index is 2.51. The van der Waals surface area contributed by atoms with Crippen LogP contribution < -0.4 is 11.1 Å². The number of nitrogens with one attached hydrogen (secondary N) is 1. The monoisotopic (exact) mass is 221 g/mol. The first-order chi connectivity index (χ1) is 7.65. The second kappa shape index (κ2) is 6.23. The van der Waals surface area contributed by atoms with Crippen LogP contribution in [0.2, 0.25) is 0 Å². The molecule has 1 unspecified atom stereocenters. The number of aromatic nitrogens is 1. The van der Waals surface area contributed by atoms with Crippen molar-refractivity contribution in [3.05, 3.63) is 30.1 Å². The van der Waals surface area contributed by atoms with Crippen molar-refractivity contribution in [2.24, 2.45) is 5.73 Å². The molecule has 2 atom stereocenters. The highest BCUT2D eigenvalue weighted by Gasteiger charge is 2.15. The van der Waals surface area contributed by atoms with Crippen LogP contribution in [0.25, 0.3) is 0 Å². The van der Waals surface area contributed by atoms with Crippen molar-refractivity contribution >= 4 is 5.91 Å². The molecule has 0 spiro atoms. The molecule has 1 aromatic heterocycles. The number of carbonyl (C=O) groups is 1. The molecule has 0 aliphatic carbocycles. The normalized spacial score (nSPS) is 14.2. The molecule has 0 saturated carbocycles. The van der Waals surface area contributed by atoms with E-state index in [1.165, 1.54) is 0 Å². The second-order valence-corrected chi connectivity index (χ2v) is 3.91. The Bertz CT molecular complexity index is 326. The van der Waals surface area contributed by atoms with Gasteiger partial charge in [-0.15, -0.1) is 0 Å². The summed E-state index contributed by atoms with van der Waals surface area (Å²) >= 11 is 0. The van der Waals surface area contributed by atoms with Crippen LogP contribution in [0.1, 0.15) is 38.3 Å². The maximum absolute atomic E-state index is 11.7. The zero-order valence-electron chi connectivity index (χ0n) is 9.81. The molecule has 1 heterocycles. The van der Waals surface area contributed by atoms with Gasteiger partial charge in [-0.2, -0.15) is 0 Å². The van der Waals surface area contributed by atoms with Gasteiger partial charge in [0, 0.05) is 12.4 Å². The molecule has 0 fully saturated rings. The van der Waals surface area contributed by atoms with E-state index in [-0.39, 0.29) is 11.9 Å². The standard InChI is InChI=1S/C12H19N3O/c1-3-5-11(13)12(16)15-9(2)10-6-4-7-14-8-10/h4,6-9,11H,3,5,13H2,1-2H3,(H,15,16)/t9?,11-/m1/s1. The number of pyridine rings is 1. The van der Waals surface area contributed by atoms with E-state index in [1.807, 2.05) is 26.0 Å². The highest BCUT2D eigenvalue weighted by Crippen LogP contribution is 2.10. The van der Waals surface area contributed by atoms with E-state index >= 15 is 0 Å². The van der Waals surface area contributed by atoms with Crippen molar-refractivity contribution in [1.82, 2.24) is 10.3 Å². The Labute approximate surface area is 96.3 Å². The summed E-state index contributed by atoms with van der Waals surface area (Å²) in [6, 6.07) is 3.32. The van der Waals surface area contributed by atoms with Crippen molar-refractivity contribution in [3.63, 3.8) is 0 Å². The summed E-state index contributed by atoms with van der Waals surface area (Å²) in [6.45, 7) is 3.94. The number of nitrogens with zero attached hydrogens (tertiary/aromatic N) is 1. The van der Waals surface area contributed by atoms with E-state index < -0.39 is 6.04 Å². The van der Waals surface area contributed by atoms with Gasteiger partial charge >= 0.3 is 0 Å². The van der Waals surface area contributed by atoms with Gasteiger partial charge in [0.25, 0.3) is 0 Å². The summed E-state index contributed by atoms with van der Waals surface area (Å²) in [5.41, 5.74) is 6.71. The second-order valence-electron chi connectivity index (χ2n) is 3.91. The molecule has 0 aromatic carbocycles. The molecule has 4 nitrogen and oxygen atoms in total. The summed E-state index contributed by atoms with van der Waals surface area (Å²) in [5.74, 6) is -0.0989. The topological polar surface area (TPSA) is 68.0 Å². The maximum Gasteiger partial charge on any atom is 0.237 e. The van der Waals surface area contributed by atoms with E-state index in [2.05, 4.69) is 10.3 Å². The third kappa shape index (κ3) is 3.62. The SMILES string of the molecule is CCC[C@@H](N)C(=O)NC(C)c1cccnc1. The average Bonchev–Trinajstić information content (AvgIpc) is 2.30. The average molecular weight is 221 g/mol. The van der Waals surface area contributed by atoms with Crippen molar-refractivity contribution in [2.45, 2.75) is 38.8 Å². The summed E-state index contributed by atoms with van der Waals surface area (Å²) in [5, 5.41) is 2.88. The smallest absolute Gasteiger partial charge is 0.237 e. The lowest BCUT2D eigenvalue weighted by Gasteiger charge is -2.17. The highest BCUT2D eigenvalue weighted by atomic mass is 16.2. The molecule has 0 aliphatic rings. The molecule has 0 aliphatic heterocycles. The predicted molar refractivity (Wildman–Crippen MR) is 63.7 cm³/mol. The van der Waals surface area contributed by atoms with Crippen LogP contribution in [-0.4, -0.2) is 16.9 Å². The van der Waals surface area contributed by atoms with Crippen molar-refractivity contribution in [2.75, 3.05) is 0 Å². The molecule has 88 valence electrons. The largest absolute Gasteiger partial charge is 0.348 e. The minimum Gasteiger partial charge on any atom is -0.348 e. The molecule has 1 rings (SSSR count). The Morgan fingerprint density at radius 3 is 2.94 bits per heavy atom. The molecular weight excluding hydrogens is 202 g/mol. The van der Waals surface area contributed by atoms with Crippen LogP contribution in [0.15, 0.2) is 24.5 Å². The quantitative estimate of drug-likeness (QED) is 0.789. The first kappa shape index (κ1) is 12.6. The fourth-order valence-corrected chi connectivity index (χ4v) is 1.48. The van der Waals surface area contributed by atoms with Gasteiger partial charge in [0.1, 0.15) is 0 Å². The molecular formula is C12H19N3O. The van der Waals surface area contributed by atoms with E-state index in [0.717, 1.165) is 12.0 Å². The van der Waals surface area contributed by atoms with Gasteiger partial charge < -0.3 is 11.1 Å². The predicted octanol–water partition coefficient (Wildman–Crippen LogP) is 1.39. The molecule has 0 bridgehead atoms. The zero-order chi connectivity index (χ0) is 12.0. The molecule has 1 amide bonds. The van der Waals surface area contributed by atoms with E-state index in [4.69, 9.17) is 5.73 Å². The van der Waals surface area contributed by atoms with Crippen LogP contribution in [0.3, 0.4) is 0 Å². The Hall–Kier alpha value is -1.42. The van der Waals surface area contributed by atoms with Crippen molar-refractivity contribution in [3.8, 4) is 0 Å². The zero-order valence-corrected chi connectivity index (χ0v) is 9.81. The van der Waals surface area contributed by atoms with Crippen LogP contribution in [-0.2, 0) is 4.79 Å². The summed E-state index contributed by atoms with van der Waals surface area (Å²) in [7, 11) is 0. The fourth-order valence-electron chi connectivity index (χ4n) is 1.48. The van der Waals surface area contributed by atoms with E-state index in [9.17, 15) is 4.79 Å². The third-order valence-corrected chi connectivity index (χ3v) is 2.48. The summed E-state index contributed by atoms with van der Waals surface area (Å²) in [4.78, 5) is 15.7. The molecule has 0 saturated heterocycles. The van der Waals surface area contributed by atoms with E-state index in [0.29, 0.717) is 6.42 Å². The Morgan fingerprint density at radius 1 is 1.62 bits per heavy atom. The lowest BCUT2D eigenvalue weighted by molar-refractivity contribution is -0.123. The first-order valence-corrected chi connectivity index (χ1v) is 5.61. The van der Waals surface area contributed by atoms with Crippen molar-refractivity contribution in [1.29, 1.82) is 0 Å². The number of amides is 1. The molecule has 4 heteroatoms. The molecule has 3 N–H and O–H groups in total. The van der Waals surface area contributed by atoms with Crippen LogP contribution in [0.5, 0.6) is 0 Å². The summed E-state index contributed by atoms with van der Waals surface area (Å²) < 4.78 is 0. The van der Waals surface area contributed by atoms with Gasteiger partial charge in [-0.25, -0.2) is 0 Å². The molecule has 16 heavy (non-hydrogen) atoms. The number of rotatable bonds is 5. The van der Waals surface area contributed by atoms with Gasteiger partial charge in [0.15, 0.2) is 0 Å². The van der Waals surface area contributed by atoms with Gasteiger partial charge in [-0.3, -0.25) is 9.78 Å². The Kier molecular flexibility index (Phi) is 4.92. The maximum atomic E-state index is 11.7. The van der Waals surface area contributed by atoms with Gasteiger partial charge in [-0.1, -0.05) is 19.4 Å². The third-order valence-electron chi connectivity index (χ3n) is 2.48. The van der Waals surface area contributed by atoms with Crippen LogP contribution in [0, 0.1) is 0 Å². The van der Waals surface area contributed by atoms with Gasteiger partial charge in [0.05, 0.1) is 12.1 Å². The first-order valence-electron chi connectivity index (χ1n) is 5.61. The number of hydrogen-bond acceptors (Lipinski definition) is 3. The fraction of sp³-hybridized carbons (Fsp3) is 0.500. The van der Waals surface area contributed by atoms with E-state index in [1.54, 1.807) is 12.4 Å². The van der Waals surface area contributed by atoms with Gasteiger partial charge in [-0.05, 0) is 25.0 Å².